The Balaban J connectivity index is 1.74. The zero-order valence-corrected chi connectivity index (χ0v) is 12.7. The molecule has 2 aliphatic heterocycles. The van der Waals surface area contributed by atoms with Crippen LogP contribution in [0.1, 0.15) is 12.8 Å². The first-order valence-electron chi connectivity index (χ1n) is 7.87. The van der Waals surface area contributed by atoms with Gasteiger partial charge in [-0.05, 0) is 18.9 Å². The predicted molar refractivity (Wildman–Crippen MR) is 82.3 cm³/mol. The molecular formula is C15H23N5O2. The summed E-state index contributed by atoms with van der Waals surface area (Å²) in [4.78, 5) is 24.9. The monoisotopic (exact) mass is 305 g/mol. The van der Waals surface area contributed by atoms with Gasteiger partial charge in [0.15, 0.2) is 0 Å². The molecule has 0 saturated carbocycles. The van der Waals surface area contributed by atoms with E-state index in [-0.39, 0.29) is 11.8 Å². The van der Waals surface area contributed by atoms with Gasteiger partial charge in [0.2, 0.25) is 11.9 Å². The topological polar surface area (TPSA) is 84.6 Å². The lowest BCUT2D eigenvalue weighted by atomic mass is 10.0. The van der Waals surface area contributed by atoms with Crippen LogP contribution >= 0.6 is 0 Å². The third kappa shape index (κ3) is 3.53. The smallest absolute Gasteiger partial charge is 0.225 e. The van der Waals surface area contributed by atoms with Crippen molar-refractivity contribution in [3.05, 3.63) is 18.5 Å². The molecule has 1 amide bonds. The number of carbonyl (C=O) groups excluding carboxylic acids is 1. The van der Waals surface area contributed by atoms with E-state index in [4.69, 9.17) is 10.5 Å². The second-order valence-corrected chi connectivity index (χ2v) is 5.93. The van der Waals surface area contributed by atoms with E-state index in [9.17, 15) is 4.79 Å². The number of primary amides is 1. The summed E-state index contributed by atoms with van der Waals surface area (Å²) in [5.41, 5.74) is 5.61. The van der Waals surface area contributed by atoms with Crippen molar-refractivity contribution in [1.29, 1.82) is 0 Å². The van der Waals surface area contributed by atoms with Crippen LogP contribution in [0.3, 0.4) is 0 Å². The van der Waals surface area contributed by atoms with Crippen molar-refractivity contribution in [2.75, 3.05) is 44.3 Å². The van der Waals surface area contributed by atoms with E-state index in [1.165, 1.54) is 0 Å². The molecule has 1 unspecified atom stereocenters. The van der Waals surface area contributed by atoms with Gasteiger partial charge >= 0.3 is 0 Å². The number of amides is 1. The summed E-state index contributed by atoms with van der Waals surface area (Å²) in [6, 6.07) is 2.27. The zero-order valence-electron chi connectivity index (χ0n) is 12.7. The van der Waals surface area contributed by atoms with E-state index in [0.29, 0.717) is 25.1 Å². The zero-order chi connectivity index (χ0) is 15.4. The summed E-state index contributed by atoms with van der Waals surface area (Å²) in [5.74, 6) is 0.219. The number of carbonyl (C=O) groups is 1. The molecule has 7 nitrogen and oxygen atoms in total. The average Bonchev–Trinajstić information content (AvgIpc) is 2.80. The molecule has 0 radical (unpaired) electrons. The Morgan fingerprint density at radius 1 is 1.18 bits per heavy atom. The van der Waals surface area contributed by atoms with Crippen LogP contribution in [0.5, 0.6) is 0 Å². The molecule has 0 aromatic carbocycles. The van der Waals surface area contributed by atoms with Gasteiger partial charge in [-0.2, -0.15) is 0 Å². The first kappa shape index (κ1) is 15.2. The van der Waals surface area contributed by atoms with Crippen LogP contribution in [0.4, 0.5) is 5.95 Å². The molecule has 0 bridgehead atoms. The Morgan fingerprint density at radius 2 is 1.91 bits per heavy atom. The fraction of sp³-hybridized carbons (Fsp3) is 0.667. The number of hydrogen-bond donors (Lipinski definition) is 1. The molecular weight excluding hydrogens is 282 g/mol. The van der Waals surface area contributed by atoms with Gasteiger partial charge in [-0.25, -0.2) is 9.97 Å². The molecule has 0 spiro atoms. The standard InChI is InChI=1S/C15H23N5O2/c16-14(21)12-10-19(13-2-8-22-9-3-13)6-7-20(11-12)15-17-4-1-5-18-15/h1,4-5,12-13H,2-3,6-11H2,(H2,16,21). The Labute approximate surface area is 130 Å². The molecule has 3 rings (SSSR count). The summed E-state index contributed by atoms with van der Waals surface area (Å²) in [5, 5.41) is 0. The summed E-state index contributed by atoms with van der Waals surface area (Å²) >= 11 is 0. The molecule has 120 valence electrons. The molecule has 1 atom stereocenters. The van der Waals surface area contributed by atoms with E-state index >= 15 is 0 Å². The molecule has 2 saturated heterocycles. The molecule has 1 aromatic heterocycles. The number of anilines is 1. The highest BCUT2D eigenvalue weighted by atomic mass is 16.5. The van der Waals surface area contributed by atoms with Crippen LogP contribution in [-0.2, 0) is 9.53 Å². The third-order valence-corrected chi connectivity index (χ3v) is 4.50. The molecule has 0 aliphatic carbocycles. The predicted octanol–water partition coefficient (Wildman–Crippen LogP) is -0.121. The van der Waals surface area contributed by atoms with Gasteiger partial charge in [0, 0.05) is 57.8 Å². The fourth-order valence-electron chi connectivity index (χ4n) is 3.24. The number of ether oxygens (including phenoxy) is 1. The summed E-state index contributed by atoms with van der Waals surface area (Å²) in [6.07, 6.45) is 5.49. The van der Waals surface area contributed by atoms with E-state index in [0.717, 1.165) is 39.1 Å². The van der Waals surface area contributed by atoms with Crippen molar-refractivity contribution in [3.63, 3.8) is 0 Å². The summed E-state index contributed by atoms with van der Waals surface area (Å²) in [6.45, 7) is 4.60. The normalized spacial score (nSPS) is 24.9. The first-order valence-corrected chi connectivity index (χ1v) is 7.87. The van der Waals surface area contributed by atoms with Gasteiger partial charge in [-0.15, -0.1) is 0 Å². The van der Waals surface area contributed by atoms with E-state index in [1.807, 2.05) is 0 Å². The maximum atomic E-state index is 11.8. The van der Waals surface area contributed by atoms with Gasteiger partial charge in [0.25, 0.3) is 0 Å². The molecule has 2 fully saturated rings. The lowest BCUT2D eigenvalue weighted by Crippen LogP contribution is -2.44. The molecule has 7 heteroatoms. The average molecular weight is 305 g/mol. The lowest BCUT2D eigenvalue weighted by Gasteiger charge is -2.34. The van der Waals surface area contributed by atoms with Crippen molar-refractivity contribution in [3.8, 4) is 0 Å². The van der Waals surface area contributed by atoms with Crippen LogP contribution in [-0.4, -0.2) is 66.2 Å². The SMILES string of the molecule is NC(=O)C1CN(c2ncccn2)CCN(C2CCOCC2)C1. The van der Waals surface area contributed by atoms with Crippen molar-refractivity contribution in [1.82, 2.24) is 14.9 Å². The largest absolute Gasteiger partial charge is 0.381 e. The van der Waals surface area contributed by atoms with Crippen LogP contribution < -0.4 is 10.6 Å². The summed E-state index contributed by atoms with van der Waals surface area (Å²) in [7, 11) is 0. The number of rotatable bonds is 3. The van der Waals surface area contributed by atoms with Crippen LogP contribution in [0.25, 0.3) is 0 Å². The van der Waals surface area contributed by atoms with Crippen LogP contribution in [0, 0.1) is 5.92 Å². The maximum Gasteiger partial charge on any atom is 0.225 e. The van der Waals surface area contributed by atoms with Gasteiger partial charge in [-0.1, -0.05) is 0 Å². The van der Waals surface area contributed by atoms with E-state index < -0.39 is 0 Å². The molecule has 3 heterocycles. The van der Waals surface area contributed by atoms with Gasteiger partial charge < -0.3 is 15.4 Å². The number of hydrogen-bond acceptors (Lipinski definition) is 6. The molecule has 22 heavy (non-hydrogen) atoms. The summed E-state index contributed by atoms with van der Waals surface area (Å²) < 4.78 is 5.44. The Morgan fingerprint density at radius 3 is 2.59 bits per heavy atom. The Bertz CT molecular complexity index is 492. The molecule has 1 aromatic rings. The maximum absolute atomic E-state index is 11.8. The number of nitrogens with zero attached hydrogens (tertiary/aromatic N) is 4. The minimum Gasteiger partial charge on any atom is -0.381 e. The Hall–Kier alpha value is -1.73. The minimum atomic E-state index is -0.250. The highest BCUT2D eigenvalue weighted by Crippen LogP contribution is 2.20. The number of aromatic nitrogens is 2. The Kier molecular flexibility index (Phi) is 4.84. The second kappa shape index (κ2) is 7.02. The second-order valence-electron chi connectivity index (χ2n) is 5.93. The van der Waals surface area contributed by atoms with Gasteiger partial charge in [0.1, 0.15) is 0 Å². The third-order valence-electron chi connectivity index (χ3n) is 4.50. The quantitative estimate of drug-likeness (QED) is 0.838. The molecule has 2 aliphatic rings. The van der Waals surface area contributed by atoms with Gasteiger partial charge in [0.05, 0.1) is 5.92 Å². The number of nitrogens with two attached hydrogens (primary N) is 1. The van der Waals surface area contributed by atoms with Crippen molar-refractivity contribution < 1.29 is 9.53 Å². The highest BCUT2D eigenvalue weighted by Gasteiger charge is 2.31. The minimum absolute atomic E-state index is 0.200. The van der Waals surface area contributed by atoms with Crippen LogP contribution in [0.2, 0.25) is 0 Å². The van der Waals surface area contributed by atoms with E-state index in [1.54, 1.807) is 18.5 Å². The molecule has 2 N–H and O–H groups in total. The van der Waals surface area contributed by atoms with Crippen molar-refractivity contribution in [2.24, 2.45) is 11.7 Å². The highest BCUT2D eigenvalue weighted by molar-refractivity contribution is 5.77. The first-order chi connectivity index (χ1) is 10.7. The lowest BCUT2D eigenvalue weighted by molar-refractivity contribution is -0.122. The van der Waals surface area contributed by atoms with Crippen molar-refractivity contribution >= 4 is 11.9 Å². The van der Waals surface area contributed by atoms with Gasteiger partial charge in [-0.3, -0.25) is 9.69 Å². The van der Waals surface area contributed by atoms with E-state index in [2.05, 4.69) is 19.8 Å². The van der Waals surface area contributed by atoms with Crippen LogP contribution in [0.15, 0.2) is 18.5 Å². The van der Waals surface area contributed by atoms with Crippen molar-refractivity contribution in [2.45, 2.75) is 18.9 Å². The fourth-order valence-corrected chi connectivity index (χ4v) is 3.24.